The Morgan fingerprint density at radius 3 is 2.44 bits per heavy atom. The fraction of sp³-hybridized carbons (Fsp3) is 0.471. The number of nitrogens with one attached hydrogen (secondary N) is 1. The Kier molecular flexibility index (Phi) is 5.30. The number of nitrogens with zero attached hydrogens (tertiary/aromatic N) is 4. The van der Waals surface area contributed by atoms with Crippen LogP contribution < -0.4 is 5.32 Å². The maximum Gasteiger partial charge on any atom is 0.292 e. The number of anilines is 1. The van der Waals surface area contributed by atoms with Crippen LogP contribution in [-0.4, -0.2) is 53.1 Å². The van der Waals surface area contributed by atoms with E-state index in [0.717, 1.165) is 56.3 Å². The van der Waals surface area contributed by atoms with Crippen LogP contribution in [0.1, 0.15) is 17.0 Å². The SMILES string of the molecule is CNc1ccc(CN2CCN(Cc3cc(C)on3)CC2)cc1[N+](=O)[O-]. The summed E-state index contributed by atoms with van der Waals surface area (Å²) in [6, 6.07) is 7.35. The van der Waals surface area contributed by atoms with E-state index >= 15 is 0 Å². The summed E-state index contributed by atoms with van der Waals surface area (Å²) in [7, 11) is 1.69. The fourth-order valence-electron chi connectivity index (χ4n) is 3.12. The van der Waals surface area contributed by atoms with Crippen LogP contribution >= 0.6 is 0 Å². The predicted molar refractivity (Wildman–Crippen MR) is 94.4 cm³/mol. The van der Waals surface area contributed by atoms with Crippen LogP contribution in [0.15, 0.2) is 28.8 Å². The fourth-order valence-corrected chi connectivity index (χ4v) is 3.12. The molecule has 1 aromatic heterocycles. The van der Waals surface area contributed by atoms with Gasteiger partial charge in [0.25, 0.3) is 5.69 Å². The molecular weight excluding hydrogens is 322 g/mol. The highest BCUT2D eigenvalue weighted by atomic mass is 16.6. The van der Waals surface area contributed by atoms with E-state index in [9.17, 15) is 10.1 Å². The first-order valence-corrected chi connectivity index (χ1v) is 8.37. The van der Waals surface area contributed by atoms with Crippen molar-refractivity contribution in [2.75, 3.05) is 38.5 Å². The van der Waals surface area contributed by atoms with Gasteiger partial charge in [0.05, 0.1) is 10.6 Å². The lowest BCUT2D eigenvalue weighted by molar-refractivity contribution is -0.384. The second-order valence-electron chi connectivity index (χ2n) is 6.34. The minimum absolute atomic E-state index is 0.125. The van der Waals surface area contributed by atoms with Crippen molar-refractivity contribution in [2.45, 2.75) is 20.0 Å². The molecule has 0 atom stereocenters. The Morgan fingerprint density at radius 1 is 1.20 bits per heavy atom. The van der Waals surface area contributed by atoms with Crippen molar-refractivity contribution in [2.24, 2.45) is 0 Å². The molecule has 0 saturated carbocycles. The highest BCUT2D eigenvalue weighted by molar-refractivity contribution is 5.62. The molecule has 0 aliphatic carbocycles. The van der Waals surface area contributed by atoms with Crippen LogP contribution in [-0.2, 0) is 13.1 Å². The Hall–Kier alpha value is -2.45. The van der Waals surface area contributed by atoms with Crippen LogP contribution in [0.25, 0.3) is 0 Å². The lowest BCUT2D eigenvalue weighted by atomic mass is 10.1. The molecule has 8 heteroatoms. The minimum atomic E-state index is -0.340. The summed E-state index contributed by atoms with van der Waals surface area (Å²) in [6.45, 7) is 7.17. The van der Waals surface area contributed by atoms with Gasteiger partial charge in [-0.15, -0.1) is 0 Å². The molecule has 1 saturated heterocycles. The summed E-state index contributed by atoms with van der Waals surface area (Å²) in [5.74, 6) is 0.834. The summed E-state index contributed by atoms with van der Waals surface area (Å²) >= 11 is 0. The number of nitro groups is 1. The third kappa shape index (κ3) is 4.34. The average Bonchev–Trinajstić information content (AvgIpc) is 3.01. The largest absolute Gasteiger partial charge is 0.383 e. The normalized spacial score (nSPS) is 16.1. The van der Waals surface area contributed by atoms with Crippen LogP contribution in [0.5, 0.6) is 0 Å². The summed E-state index contributed by atoms with van der Waals surface area (Å²) in [4.78, 5) is 15.5. The summed E-state index contributed by atoms with van der Waals surface area (Å²) in [5.41, 5.74) is 2.59. The molecule has 3 rings (SSSR count). The number of rotatable bonds is 6. The van der Waals surface area contributed by atoms with Gasteiger partial charge in [-0.05, 0) is 18.6 Å². The van der Waals surface area contributed by atoms with Crippen molar-refractivity contribution in [1.29, 1.82) is 0 Å². The number of aromatic nitrogens is 1. The molecule has 0 radical (unpaired) electrons. The highest BCUT2D eigenvalue weighted by Gasteiger charge is 2.20. The molecule has 1 N–H and O–H groups in total. The zero-order valence-electron chi connectivity index (χ0n) is 14.6. The molecule has 1 aromatic carbocycles. The first-order valence-electron chi connectivity index (χ1n) is 8.37. The van der Waals surface area contributed by atoms with Crippen LogP contribution in [0, 0.1) is 17.0 Å². The van der Waals surface area contributed by atoms with Crippen LogP contribution in [0.4, 0.5) is 11.4 Å². The van der Waals surface area contributed by atoms with Gasteiger partial charge in [0.1, 0.15) is 11.4 Å². The van der Waals surface area contributed by atoms with Crippen molar-refractivity contribution in [1.82, 2.24) is 15.0 Å². The Bertz CT molecular complexity index is 738. The topological polar surface area (TPSA) is 87.7 Å². The van der Waals surface area contributed by atoms with Gasteiger partial charge in [-0.25, -0.2) is 0 Å². The summed E-state index contributed by atoms with van der Waals surface area (Å²) in [5, 5.41) is 18.1. The van der Waals surface area contributed by atoms with Gasteiger partial charge in [-0.2, -0.15) is 0 Å². The molecule has 2 heterocycles. The van der Waals surface area contributed by atoms with E-state index in [1.54, 1.807) is 19.2 Å². The molecule has 25 heavy (non-hydrogen) atoms. The van der Waals surface area contributed by atoms with Gasteiger partial charge < -0.3 is 9.84 Å². The van der Waals surface area contributed by atoms with E-state index in [1.165, 1.54) is 0 Å². The molecule has 0 unspecified atom stereocenters. The molecule has 0 spiro atoms. The smallest absolute Gasteiger partial charge is 0.292 e. The minimum Gasteiger partial charge on any atom is -0.383 e. The molecule has 8 nitrogen and oxygen atoms in total. The van der Waals surface area contributed by atoms with Crippen molar-refractivity contribution in [3.05, 3.63) is 51.4 Å². The van der Waals surface area contributed by atoms with Crippen molar-refractivity contribution >= 4 is 11.4 Å². The second kappa shape index (κ2) is 7.62. The molecule has 0 bridgehead atoms. The number of piperazine rings is 1. The number of hydrogen-bond acceptors (Lipinski definition) is 7. The van der Waals surface area contributed by atoms with Crippen molar-refractivity contribution in [3.63, 3.8) is 0 Å². The Labute approximate surface area is 146 Å². The van der Waals surface area contributed by atoms with Gasteiger partial charge in [0.2, 0.25) is 0 Å². The van der Waals surface area contributed by atoms with Gasteiger partial charge in [0, 0.05) is 58.4 Å². The molecule has 0 amide bonds. The molecule has 1 aliphatic heterocycles. The quantitative estimate of drug-likeness (QED) is 0.634. The number of hydrogen-bond donors (Lipinski definition) is 1. The maximum atomic E-state index is 11.2. The van der Waals surface area contributed by atoms with Gasteiger partial charge in [-0.1, -0.05) is 11.2 Å². The third-order valence-electron chi connectivity index (χ3n) is 4.46. The molecule has 1 aliphatic rings. The number of aryl methyl sites for hydroxylation is 1. The lowest BCUT2D eigenvalue weighted by Gasteiger charge is -2.34. The van der Waals surface area contributed by atoms with Gasteiger partial charge in [0.15, 0.2) is 0 Å². The standard InChI is InChI=1S/C17H23N5O3/c1-13-9-15(19-25-13)12-21-7-5-20(6-8-21)11-14-3-4-16(18-2)17(10-14)22(23)24/h3-4,9-10,18H,5-8,11-12H2,1-2H3. The summed E-state index contributed by atoms with van der Waals surface area (Å²) in [6.07, 6.45) is 0. The molecule has 2 aromatic rings. The number of benzene rings is 1. The van der Waals surface area contributed by atoms with Gasteiger partial charge in [-0.3, -0.25) is 19.9 Å². The predicted octanol–water partition coefficient (Wildman–Crippen LogP) is 2.25. The maximum absolute atomic E-state index is 11.2. The zero-order chi connectivity index (χ0) is 17.8. The average molecular weight is 345 g/mol. The first kappa shape index (κ1) is 17.4. The Balaban J connectivity index is 1.55. The molecule has 134 valence electrons. The van der Waals surface area contributed by atoms with E-state index in [-0.39, 0.29) is 10.6 Å². The first-order chi connectivity index (χ1) is 12.0. The van der Waals surface area contributed by atoms with Crippen molar-refractivity contribution in [3.8, 4) is 0 Å². The number of nitro benzene ring substituents is 1. The van der Waals surface area contributed by atoms with Crippen molar-refractivity contribution < 1.29 is 9.45 Å². The highest BCUT2D eigenvalue weighted by Crippen LogP contribution is 2.25. The zero-order valence-corrected chi connectivity index (χ0v) is 14.6. The Morgan fingerprint density at radius 2 is 1.88 bits per heavy atom. The van der Waals surface area contributed by atoms with Crippen LogP contribution in [0.2, 0.25) is 0 Å². The monoisotopic (exact) mass is 345 g/mol. The van der Waals surface area contributed by atoms with E-state index in [4.69, 9.17) is 4.52 Å². The van der Waals surface area contributed by atoms with E-state index in [0.29, 0.717) is 5.69 Å². The summed E-state index contributed by atoms with van der Waals surface area (Å²) < 4.78 is 5.11. The van der Waals surface area contributed by atoms with Crippen LogP contribution in [0.3, 0.4) is 0 Å². The molecule has 1 fully saturated rings. The van der Waals surface area contributed by atoms with E-state index < -0.39 is 0 Å². The second-order valence-corrected chi connectivity index (χ2v) is 6.34. The van der Waals surface area contributed by atoms with Gasteiger partial charge >= 0.3 is 0 Å². The lowest BCUT2D eigenvalue weighted by Crippen LogP contribution is -2.45. The molecular formula is C17H23N5O3. The van der Waals surface area contributed by atoms with E-state index in [2.05, 4.69) is 20.3 Å². The third-order valence-corrected chi connectivity index (χ3v) is 4.46. The van der Waals surface area contributed by atoms with E-state index in [1.807, 2.05) is 19.1 Å².